The number of benzene rings is 1. The third-order valence-corrected chi connectivity index (χ3v) is 3.55. The van der Waals surface area contributed by atoms with Crippen LogP contribution in [0.25, 0.3) is 11.8 Å². The second-order valence-corrected chi connectivity index (χ2v) is 10.4. The lowest BCUT2D eigenvalue weighted by molar-refractivity contribution is 0.408. The van der Waals surface area contributed by atoms with Crippen LogP contribution in [-0.2, 0) is 0 Å². The van der Waals surface area contributed by atoms with Crippen molar-refractivity contribution in [3.8, 4) is 0 Å². The van der Waals surface area contributed by atoms with Crippen molar-refractivity contribution in [2.75, 3.05) is 0 Å². The van der Waals surface area contributed by atoms with Gasteiger partial charge < -0.3 is 9.51 Å². The van der Waals surface area contributed by atoms with Crippen LogP contribution in [0.3, 0.4) is 0 Å². The summed E-state index contributed by atoms with van der Waals surface area (Å²) < 4.78 is 5.28. The molecule has 1 N–H and O–H groups in total. The fraction of sp³-hybridized carbons (Fsp3) is 0.267. The molecule has 4 heteroatoms. The summed E-state index contributed by atoms with van der Waals surface area (Å²) in [7, 11) is -1.43. The Balaban J connectivity index is 2.37. The van der Waals surface area contributed by atoms with Crippen LogP contribution in [0.2, 0.25) is 19.6 Å². The van der Waals surface area contributed by atoms with Crippen molar-refractivity contribution < 1.29 is 4.52 Å². The minimum atomic E-state index is -1.43. The van der Waals surface area contributed by atoms with Crippen LogP contribution in [-0.4, -0.2) is 13.4 Å². The minimum Gasteiger partial charge on any atom is -0.410 e. The Labute approximate surface area is 115 Å². The Morgan fingerprint density at radius 3 is 2.42 bits per heavy atom. The van der Waals surface area contributed by atoms with Crippen LogP contribution in [0.1, 0.15) is 17.0 Å². The van der Waals surface area contributed by atoms with E-state index in [1.54, 1.807) is 0 Å². The third-order valence-electron chi connectivity index (χ3n) is 2.53. The second-order valence-electron chi connectivity index (χ2n) is 5.67. The van der Waals surface area contributed by atoms with Crippen LogP contribution < -0.4 is 4.98 Å². The van der Waals surface area contributed by atoms with Gasteiger partial charge in [0.15, 0.2) is 5.76 Å². The lowest BCUT2D eigenvalue weighted by Gasteiger charge is -2.22. The molecule has 0 radical (unpaired) electrons. The van der Waals surface area contributed by atoms with Crippen molar-refractivity contribution in [1.29, 1.82) is 0 Å². The molecular weight excluding hydrogens is 252 g/mol. The van der Waals surface area contributed by atoms with Crippen LogP contribution >= 0.6 is 0 Å². The van der Waals surface area contributed by atoms with Gasteiger partial charge >= 0.3 is 0 Å². The average Bonchev–Trinajstić information content (AvgIpc) is 2.73. The molecule has 100 valence electrons. The molecular formula is C15H20N2OSi. The Morgan fingerprint density at radius 2 is 1.89 bits per heavy atom. The largest absolute Gasteiger partial charge is 0.410 e. The van der Waals surface area contributed by atoms with Crippen molar-refractivity contribution in [3.05, 3.63) is 53.4 Å². The monoisotopic (exact) mass is 272 g/mol. The smallest absolute Gasteiger partial charge is 0.161 e. The molecule has 1 aromatic carbocycles. The summed E-state index contributed by atoms with van der Waals surface area (Å²) in [5, 5.41) is 3.92. The highest BCUT2D eigenvalue weighted by Crippen LogP contribution is 2.18. The summed E-state index contributed by atoms with van der Waals surface area (Å²) in [5.74, 6) is 0.780. The van der Waals surface area contributed by atoms with E-state index in [9.17, 15) is 0 Å². The van der Waals surface area contributed by atoms with E-state index >= 15 is 0 Å². The Morgan fingerprint density at radius 1 is 1.21 bits per heavy atom. The predicted octanol–water partition coefficient (Wildman–Crippen LogP) is 3.91. The van der Waals surface area contributed by atoms with Gasteiger partial charge in [-0.3, -0.25) is 0 Å². The van der Waals surface area contributed by atoms with Gasteiger partial charge in [-0.2, -0.15) is 0 Å². The average molecular weight is 272 g/mol. The molecule has 2 rings (SSSR count). The first-order chi connectivity index (χ1) is 8.94. The van der Waals surface area contributed by atoms with E-state index in [1.165, 1.54) is 5.56 Å². The minimum absolute atomic E-state index is 0.780. The van der Waals surface area contributed by atoms with Crippen LogP contribution in [0.15, 0.2) is 40.9 Å². The van der Waals surface area contributed by atoms with Gasteiger partial charge in [-0.15, -0.1) is 0 Å². The first kappa shape index (κ1) is 13.6. The number of rotatable bonds is 4. The highest BCUT2D eigenvalue weighted by atomic mass is 28.3. The fourth-order valence-corrected chi connectivity index (χ4v) is 2.83. The number of hydrogen-bond donors (Lipinski definition) is 1. The maximum atomic E-state index is 5.28. The summed E-state index contributed by atoms with van der Waals surface area (Å²) in [6.45, 7) is 8.75. The molecule has 0 saturated heterocycles. The SMILES string of the molecule is Cc1cc(/C=C(/N[Si](C)(C)C)c2ccccc2)on1. The van der Waals surface area contributed by atoms with Gasteiger partial charge in [0.1, 0.15) is 8.24 Å². The van der Waals surface area contributed by atoms with Gasteiger partial charge in [0.05, 0.1) is 5.69 Å². The summed E-state index contributed by atoms with van der Waals surface area (Å²) >= 11 is 0. The first-order valence-corrected chi connectivity index (χ1v) is 9.93. The molecule has 0 fully saturated rings. The van der Waals surface area contributed by atoms with E-state index < -0.39 is 8.24 Å². The molecule has 0 spiro atoms. The van der Waals surface area contributed by atoms with Gasteiger partial charge in [-0.05, 0) is 12.5 Å². The fourth-order valence-electron chi connectivity index (χ4n) is 1.81. The zero-order valence-electron chi connectivity index (χ0n) is 11.9. The molecule has 3 nitrogen and oxygen atoms in total. The van der Waals surface area contributed by atoms with E-state index in [-0.39, 0.29) is 0 Å². The quantitative estimate of drug-likeness (QED) is 0.858. The lowest BCUT2D eigenvalue weighted by atomic mass is 10.1. The van der Waals surface area contributed by atoms with E-state index in [0.717, 1.165) is 17.2 Å². The van der Waals surface area contributed by atoms with Crippen molar-refractivity contribution >= 4 is 20.0 Å². The number of hydrogen-bond acceptors (Lipinski definition) is 3. The van der Waals surface area contributed by atoms with E-state index in [4.69, 9.17) is 4.52 Å². The van der Waals surface area contributed by atoms with Crippen LogP contribution in [0, 0.1) is 6.92 Å². The van der Waals surface area contributed by atoms with Gasteiger partial charge in [0.25, 0.3) is 0 Å². The van der Waals surface area contributed by atoms with Crippen molar-refractivity contribution in [3.63, 3.8) is 0 Å². The van der Waals surface area contributed by atoms with Crippen LogP contribution in [0.4, 0.5) is 0 Å². The molecule has 0 unspecified atom stereocenters. The van der Waals surface area contributed by atoms with Crippen molar-refractivity contribution in [1.82, 2.24) is 10.1 Å². The molecule has 0 aliphatic carbocycles. The van der Waals surface area contributed by atoms with Gasteiger partial charge in [0.2, 0.25) is 0 Å². The third kappa shape index (κ3) is 4.10. The van der Waals surface area contributed by atoms with E-state index in [0.29, 0.717) is 0 Å². The highest BCUT2D eigenvalue weighted by Gasteiger charge is 2.16. The highest BCUT2D eigenvalue weighted by molar-refractivity contribution is 6.74. The topological polar surface area (TPSA) is 38.1 Å². The van der Waals surface area contributed by atoms with E-state index in [1.807, 2.05) is 37.3 Å². The zero-order valence-corrected chi connectivity index (χ0v) is 12.9. The molecule has 0 bridgehead atoms. The van der Waals surface area contributed by atoms with Gasteiger partial charge in [0, 0.05) is 17.8 Å². The molecule has 19 heavy (non-hydrogen) atoms. The molecule has 0 amide bonds. The number of aryl methyl sites for hydroxylation is 1. The molecule has 0 aliphatic heterocycles. The summed E-state index contributed by atoms with van der Waals surface area (Å²) in [4.78, 5) is 3.64. The second kappa shape index (κ2) is 5.44. The molecule has 0 atom stereocenters. The van der Waals surface area contributed by atoms with E-state index in [2.05, 4.69) is 41.9 Å². The van der Waals surface area contributed by atoms with Crippen molar-refractivity contribution in [2.45, 2.75) is 26.6 Å². The number of nitrogens with one attached hydrogen (secondary N) is 1. The zero-order chi connectivity index (χ0) is 13.9. The molecule has 2 aromatic rings. The number of aromatic nitrogens is 1. The summed E-state index contributed by atoms with van der Waals surface area (Å²) in [6, 6.07) is 12.2. The standard InChI is InChI=1S/C15H20N2OSi/c1-12-10-14(18-16-12)11-15(17-19(2,3)4)13-8-6-5-7-9-13/h5-11,17H,1-4H3/b15-11+. The maximum Gasteiger partial charge on any atom is 0.161 e. The predicted molar refractivity (Wildman–Crippen MR) is 82.0 cm³/mol. The van der Waals surface area contributed by atoms with Crippen molar-refractivity contribution in [2.24, 2.45) is 0 Å². The summed E-state index contributed by atoms with van der Waals surface area (Å²) in [5.41, 5.74) is 3.15. The first-order valence-electron chi connectivity index (χ1n) is 6.43. The molecule has 1 aromatic heterocycles. The van der Waals surface area contributed by atoms with Crippen LogP contribution in [0.5, 0.6) is 0 Å². The lowest BCUT2D eigenvalue weighted by Crippen LogP contribution is -2.39. The molecule has 0 aliphatic rings. The summed E-state index contributed by atoms with van der Waals surface area (Å²) in [6.07, 6.45) is 2.02. The Kier molecular flexibility index (Phi) is 3.90. The Hall–Kier alpha value is -1.81. The maximum absolute atomic E-state index is 5.28. The normalized spacial score (nSPS) is 12.5. The molecule has 0 saturated carbocycles. The van der Waals surface area contributed by atoms with Gasteiger partial charge in [-0.25, -0.2) is 0 Å². The van der Waals surface area contributed by atoms with Gasteiger partial charge in [-0.1, -0.05) is 55.1 Å². The Bertz CT molecular complexity index is 567. The number of nitrogens with zero attached hydrogens (tertiary/aromatic N) is 1. The molecule has 1 heterocycles.